The number of hydrogen-bond donors (Lipinski definition) is 1. The van der Waals surface area contributed by atoms with Gasteiger partial charge in [-0.15, -0.1) is 0 Å². The van der Waals surface area contributed by atoms with E-state index in [1.165, 1.54) is 11.1 Å². The van der Waals surface area contributed by atoms with Crippen LogP contribution >= 0.6 is 0 Å². The summed E-state index contributed by atoms with van der Waals surface area (Å²) in [5.74, 6) is 0. The van der Waals surface area contributed by atoms with Crippen molar-refractivity contribution < 1.29 is 24.2 Å². The van der Waals surface area contributed by atoms with Gasteiger partial charge < -0.3 is 24.4 Å². The summed E-state index contributed by atoms with van der Waals surface area (Å²) in [6.45, 7) is 18.3. The van der Waals surface area contributed by atoms with E-state index in [9.17, 15) is 14.7 Å². The molecule has 1 atom stereocenters. The van der Waals surface area contributed by atoms with E-state index >= 15 is 0 Å². The number of amides is 2. The monoisotopic (exact) mass is 582 g/mol. The van der Waals surface area contributed by atoms with Crippen LogP contribution < -0.4 is 0 Å². The van der Waals surface area contributed by atoms with Crippen LogP contribution in [0.3, 0.4) is 0 Å². The Morgan fingerprint density at radius 1 is 0.690 bits per heavy atom. The number of ether oxygens (including phenoxy) is 2. The van der Waals surface area contributed by atoms with Crippen LogP contribution in [0.2, 0.25) is 0 Å². The molecule has 0 radical (unpaired) electrons. The van der Waals surface area contributed by atoms with Crippen molar-refractivity contribution in [3.63, 3.8) is 0 Å². The van der Waals surface area contributed by atoms with E-state index < -0.39 is 11.2 Å². The van der Waals surface area contributed by atoms with Gasteiger partial charge in [0.2, 0.25) is 0 Å². The Balaban J connectivity index is 0.000000231. The Labute approximate surface area is 252 Å². The number of carbonyl (C=O) groups excluding carboxylic acids is 2. The Morgan fingerprint density at radius 3 is 1.62 bits per heavy atom. The van der Waals surface area contributed by atoms with Crippen LogP contribution in [-0.4, -0.2) is 107 Å². The average Bonchev–Trinajstić information content (AvgIpc) is 2.93. The number of rotatable bonds is 5. The predicted molar refractivity (Wildman–Crippen MR) is 165 cm³/mol. The molecule has 2 aliphatic heterocycles. The molecule has 1 N–H and O–H groups in total. The second-order valence-corrected chi connectivity index (χ2v) is 13.0. The first-order valence-electron chi connectivity index (χ1n) is 14.9. The summed E-state index contributed by atoms with van der Waals surface area (Å²) in [5, 5.41) is 9.62. The van der Waals surface area contributed by atoms with E-state index in [-0.39, 0.29) is 24.8 Å². The summed E-state index contributed by atoms with van der Waals surface area (Å²) in [7, 11) is 0. The molecule has 2 saturated heterocycles. The largest absolute Gasteiger partial charge is 0.444 e. The van der Waals surface area contributed by atoms with Gasteiger partial charge >= 0.3 is 12.2 Å². The van der Waals surface area contributed by atoms with E-state index in [0.29, 0.717) is 13.1 Å². The minimum Gasteiger partial charge on any atom is -0.444 e. The molecule has 2 aromatic carbocycles. The number of carbonyl (C=O) groups is 2. The number of piperazine rings is 2. The summed E-state index contributed by atoms with van der Waals surface area (Å²) >= 11 is 0. The molecule has 4 rings (SSSR count). The highest BCUT2D eigenvalue weighted by Crippen LogP contribution is 2.18. The van der Waals surface area contributed by atoms with Gasteiger partial charge in [-0.2, -0.15) is 0 Å². The molecule has 2 heterocycles. The smallest absolute Gasteiger partial charge is 0.410 e. The number of aliphatic hydroxyl groups is 1. The van der Waals surface area contributed by atoms with Gasteiger partial charge in [0.15, 0.2) is 0 Å². The third-order valence-corrected chi connectivity index (χ3v) is 6.93. The highest BCUT2D eigenvalue weighted by molar-refractivity contribution is 5.69. The number of hydrogen-bond acceptors (Lipinski definition) is 7. The van der Waals surface area contributed by atoms with Crippen molar-refractivity contribution >= 4 is 12.2 Å². The molecule has 0 spiro atoms. The molecule has 42 heavy (non-hydrogen) atoms. The van der Waals surface area contributed by atoms with Crippen LogP contribution in [0.5, 0.6) is 0 Å². The maximum Gasteiger partial charge on any atom is 0.410 e. The topological polar surface area (TPSA) is 85.8 Å². The van der Waals surface area contributed by atoms with Crippen molar-refractivity contribution in [3.8, 4) is 0 Å². The molecule has 2 amide bonds. The van der Waals surface area contributed by atoms with Crippen LogP contribution in [-0.2, 0) is 22.6 Å². The first-order chi connectivity index (χ1) is 19.8. The molecule has 2 fully saturated rings. The SMILES string of the molecule is CC(C)(C)OC(=O)N1CCN(Cc2ccccc2)CC1.CC(C)(C)OC(=O)N1CCN(Cc2ccccc2)CC1CO. The first kappa shape index (κ1) is 33.4. The summed E-state index contributed by atoms with van der Waals surface area (Å²) in [6.07, 6.45) is -0.539. The number of nitrogens with zero attached hydrogens (tertiary/aromatic N) is 4. The third-order valence-electron chi connectivity index (χ3n) is 6.93. The molecular weight excluding hydrogens is 532 g/mol. The zero-order chi connectivity index (χ0) is 30.8. The highest BCUT2D eigenvalue weighted by Gasteiger charge is 2.33. The summed E-state index contributed by atoms with van der Waals surface area (Å²) < 4.78 is 10.8. The first-order valence-corrected chi connectivity index (χ1v) is 14.9. The molecule has 9 nitrogen and oxygen atoms in total. The molecule has 9 heteroatoms. The molecule has 2 aliphatic rings. The van der Waals surface area contributed by atoms with E-state index in [1.807, 2.05) is 65.8 Å². The zero-order valence-corrected chi connectivity index (χ0v) is 26.3. The molecular formula is C33H50N4O5. The molecule has 2 aromatic rings. The van der Waals surface area contributed by atoms with Gasteiger partial charge in [0.1, 0.15) is 11.2 Å². The van der Waals surface area contributed by atoms with Crippen molar-refractivity contribution in [1.82, 2.24) is 19.6 Å². The average molecular weight is 583 g/mol. The Bertz CT molecular complexity index is 1090. The van der Waals surface area contributed by atoms with Crippen LogP contribution in [0.15, 0.2) is 60.7 Å². The molecule has 0 aliphatic carbocycles. The fourth-order valence-corrected chi connectivity index (χ4v) is 4.88. The minimum absolute atomic E-state index is 0.0511. The second kappa shape index (κ2) is 15.4. The summed E-state index contributed by atoms with van der Waals surface area (Å²) in [5.41, 5.74) is 1.62. The lowest BCUT2D eigenvalue weighted by molar-refractivity contribution is -0.0127. The molecule has 0 aromatic heterocycles. The normalized spacial score (nSPS) is 18.6. The van der Waals surface area contributed by atoms with E-state index in [1.54, 1.807) is 9.80 Å². The van der Waals surface area contributed by atoms with Gasteiger partial charge in [-0.05, 0) is 52.7 Å². The Hall–Kier alpha value is -3.14. The van der Waals surface area contributed by atoms with Gasteiger partial charge in [-0.3, -0.25) is 9.80 Å². The Morgan fingerprint density at radius 2 is 1.14 bits per heavy atom. The van der Waals surface area contributed by atoms with Crippen molar-refractivity contribution in [3.05, 3.63) is 71.8 Å². The molecule has 232 valence electrons. The van der Waals surface area contributed by atoms with Gasteiger partial charge in [0, 0.05) is 58.9 Å². The predicted octanol–water partition coefficient (Wildman–Crippen LogP) is 4.84. The maximum absolute atomic E-state index is 12.2. The van der Waals surface area contributed by atoms with Crippen LogP contribution in [0, 0.1) is 0 Å². The zero-order valence-electron chi connectivity index (χ0n) is 26.3. The maximum atomic E-state index is 12.2. The molecule has 0 saturated carbocycles. The molecule has 1 unspecified atom stereocenters. The van der Waals surface area contributed by atoms with Crippen LogP contribution in [0.25, 0.3) is 0 Å². The lowest BCUT2D eigenvalue weighted by Gasteiger charge is -2.41. The lowest BCUT2D eigenvalue weighted by atomic mass is 10.1. The highest BCUT2D eigenvalue weighted by atomic mass is 16.6. The van der Waals surface area contributed by atoms with E-state index in [0.717, 1.165) is 45.8 Å². The van der Waals surface area contributed by atoms with Gasteiger partial charge in [-0.25, -0.2) is 9.59 Å². The Kier molecular flexibility index (Phi) is 12.2. The summed E-state index contributed by atoms with van der Waals surface area (Å²) in [6, 6.07) is 20.4. The minimum atomic E-state index is -0.516. The van der Waals surface area contributed by atoms with Crippen molar-refractivity contribution in [2.75, 3.05) is 52.4 Å². The van der Waals surface area contributed by atoms with E-state index in [2.05, 4.69) is 46.2 Å². The lowest BCUT2D eigenvalue weighted by Crippen LogP contribution is -2.57. The number of aliphatic hydroxyl groups excluding tert-OH is 1. The number of benzene rings is 2. The molecule has 0 bridgehead atoms. The van der Waals surface area contributed by atoms with Gasteiger partial charge in [0.05, 0.1) is 12.6 Å². The van der Waals surface area contributed by atoms with Crippen LogP contribution in [0.1, 0.15) is 52.7 Å². The second-order valence-electron chi connectivity index (χ2n) is 13.0. The van der Waals surface area contributed by atoms with Gasteiger partial charge in [-0.1, -0.05) is 60.7 Å². The fourth-order valence-electron chi connectivity index (χ4n) is 4.88. The van der Waals surface area contributed by atoms with Gasteiger partial charge in [0.25, 0.3) is 0 Å². The van der Waals surface area contributed by atoms with Crippen molar-refractivity contribution in [2.24, 2.45) is 0 Å². The van der Waals surface area contributed by atoms with Crippen LogP contribution in [0.4, 0.5) is 9.59 Å². The van der Waals surface area contributed by atoms with Crippen molar-refractivity contribution in [1.29, 1.82) is 0 Å². The van der Waals surface area contributed by atoms with Crippen molar-refractivity contribution in [2.45, 2.75) is 71.9 Å². The third kappa shape index (κ3) is 11.6. The standard InChI is InChI=1S/C17H26N2O3.C16H24N2O2/c1-17(2,3)22-16(21)19-10-9-18(12-15(19)13-20)11-14-7-5-4-6-8-14;1-16(2,3)20-15(19)18-11-9-17(10-12-18)13-14-7-5-4-6-8-14/h4-8,15,20H,9-13H2,1-3H3;4-8H,9-13H2,1-3H3. The van der Waals surface area contributed by atoms with E-state index in [4.69, 9.17) is 9.47 Å². The summed E-state index contributed by atoms with van der Waals surface area (Å²) in [4.78, 5) is 32.3. The quantitative estimate of drug-likeness (QED) is 0.540. The fraction of sp³-hybridized carbons (Fsp3) is 0.576.